The van der Waals surface area contributed by atoms with E-state index >= 15 is 0 Å². The van der Waals surface area contributed by atoms with Gasteiger partial charge in [-0.25, -0.2) is 0 Å². The van der Waals surface area contributed by atoms with Gasteiger partial charge in [0.2, 0.25) is 0 Å². The van der Waals surface area contributed by atoms with Crippen LogP contribution in [0.2, 0.25) is 5.02 Å². The molecule has 2 aromatic rings. The second kappa shape index (κ2) is 6.65. The molecule has 1 aromatic carbocycles. The summed E-state index contributed by atoms with van der Waals surface area (Å²) in [5.41, 5.74) is 0.922. The van der Waals surface area contributed by atoms with Gasteiger partial charge >= 0.3 is 0 Å². The fourth-order valence-corrected chi connectivity index (χ4v) is 3.03. The Morgan fingerprint density at radius 2 is 1.86 bits per heavy atom. The molecule has 0 spiro atoms. The summed E-state index contributed by atoms with van der Waals surface area (Å²) in [4.78, 5) is 0. The van der Waals surface area contributed by atoms with Crippen molar-refractivity contribution in [3.8, 4) is 11.3 Å². The first kappa shape index (κ1) is 14.6. The number of hydrogen-bond donors (Lipinski definition) is 2. The molecule has 21 heavy (non-hydrogen) atoms. The zero-order valence-corrected chi connectivity index (χ0v) is 12.6. The molecular formula is C17H20ClNO2. The average molecular weight is 306 g/mol. The molecule has 0 atom stereocenters. The van der Waals surface area contributed by atoms with Crippen LogP contribution in [-0.2, 0) is 6.54 Å². The molecule has 0 bridgehead atoms. The average Bonchev–Trinajstić information content (AvgIpc) is 2.96. The summed E-state index contributed by atoms with van der Waals surface area (Å²) in [6.45, 7) is 0.714. The van der Waals surface area contributed by atoms with Crippen LogP contribution in [0.4, 0.5) is 0 Å². The summed E-state index contributed by atoms with van der Waals surface area (Å²) in [6.07, 6.45) is 3.72. The second-order valence-corrected chi connectivity index (χ2v) is 6.04. The molecule has 2 N–H and O–H groups in total. The van der Waals surface area contributed by atoms with Crippen molar-refractivity contribution >= 4 is 11.6 Å². The van der Waals surface area contributed by atoms with Crippen LogP contribution in [0.15, 0.2) is 40.8 Å². The van der Waals surface area contributed by atoms with E-state index in [0.29, 0.717) is 17.6 Å². The van der Waals surface area contributed by atoms with Crippen LogP contribution in [0.5, 0.6) is 0 Å². The zero-order chi connectivity index (χ0) is 14.7. The third-order valence-corrected chi connectivity index (χ3v) is 4.39. The molecule has 1 aliphatic carbocycles. The van der Waals surface area contributed by atoms with Crippen molar-refractivity contribution in [3.63, 3.8) is 0 Å². The maximum Gasteiger partial charge on any atom is 0.135 e. The zero-order valence-electron chi connectivity index (χ0n) is 11.9. The predicted molar refractivity (Wildman–Crippen MR) is 84.3 cm³/mol. The molecule has 1 aromatic heterocycles. The quantitative estimate of drug-likeness (QED) is 0.897. The number of benzene rings is 1. The fraction of sp³-hybridized carbons (Fsp3) is 0.412. The molecule has 1 saturated carbocycles. The van der Waals surface area contributed by atoms with Crippen LogP contribution in [0.3, 0.4) is 0 Å². The van der Waals surface area contributed by atoms with Gasteiger partial charge < -0.3 is 14.8 Å². The first-order chi connectivity index (χ1) is 10.2. The van der Waals surface area contributed by atoms with E-state index < -0.39 is 0 Å². The van der Waals surface area contributed by atoms with E-state index in [2.05, 4.69) is 5.32 Å². The van der Waals surface area contributed by atoms with E-state index in [-0.39, 0.29) is 6.10 Å². The highest BCUT2D eigenvalue weighted by molar-refractivity contribution is 6.33. The molecule has 0 amide bonds. The van der Waals surface area contributed by atoms with Gasteiger partial charge in [0, 0.05) is 11.6 Å². The maximum atomic E-state index is 9.51. The topological polar surface area (TPSA) is 45.4 Å². The largest absolute Gasteiger partial charge is 0.460 e. The molecule has 0 aliphatic heterocycles. The first-order valence-corrected chi connectivity index (χ1v) is 7.85. The Kier molecular flexibility index (Phi) is 4.63. The predicted octanol–water partition coefficient (Wildman–Crippen LogP) is 3.99. The van der Waals surface area contributed by atoms with Gasteiger partial charge in [-0.05, 0) is 49.9 Å². The molecule has 112 valence electrons. The summed E-state index contributed by atoms with van der Waals surface area (Å²) < 4.78 is 5.87. The third-order valence-electron chi connectivity index (χ3n) is 4.06. The van der Waals surface area contributed by atoms with Gasteiger partial charge in [0.25, 0.3) is 0 Å². The smallest absolute Gasteiger partial charge is 0.135 e. The van der Waals surface area contributed by atoms with Crippen LogP contribution in [-0.4, -0.2) is 17.3 Å². The lowest BCUT2D eigenvalue weighted by atomic mass is 9.93. The highest BCUT2D eigenvalue weighted by Gasteiger charge is 2.19. The molecule has 3 nitrogen and oxygen atoms in total. The number of halogens is 1. The van der Waals surface area contributed by atoms with Crippen molar-refractivity contribution in [1.29, 1.82) is 0 Å². The Balaban J connectivity index is 1.59. The molecule has 3 rings (SSSR count). The van der Waals surface area contributed by atoms with Crippen molar-refractivity contribution in [2.24, 2.45) is 0 Å². The van der Waals surface area contributed by atoms with Crippen LogP contribution in [0.25, 0.3) is 11.3 Å². The number of aliphatic hydroxyl groups is 1. The lowest BCUT2D eigenvalue weighted by Gasteiger charge is -2.25. The number of nitrogens with one attached hydrogen (secondary N) is 1. The van der Waals surface area contributed by atoms with Gasteiger partial charge in [-0.3, -0.25) is 0 Å². The Labute approximate surface area is 129 Å². The normalized spacial score (nSPS) is 22.4. The van der Waals surface area contributed by atoms with Crippen molar-refractivity contribution in [2.45, 2.75) is 44.4 Å². The Morgan fingerprint density at radius 3 is 2.62 bits per heavy atom. The summed E-state index contributed by atoms with van der Waals surface area (Å²) in [6, 6.07) is 12.1. The van der Waals surface area contributed by atoms with E-state index in [4.69, 9.17) is 16.0 Å². The number of aliphatic hydroxyl groups excluding tert-OH is 1. The summed E-state index contributed by atoms with van der Waals surface area (Å²) in [7, 11) is 0. The summed E-state index contributed by atoms with van der Waals surface area (Å²) in [5, 5.41) is 13.7. The van der Waals surface area contributed by atoms with E-state index in [0.717, 1.165) is 42.8 Å². The second-order valence-electron chi connectivity index (χ2n) is 5.63. The van der Waals surface area contributed by atoms with Gasteiger partial charge in [-0.15, -0.1) is 0 Å². The minimum Gasteiger partial charge on any atom is -0.460 e. The number of furan rings is 1. The first-order valence-electron chi connectivity index (χ1n) is 7.47. The molecule has 0 radical (unpaired) electrons. The van der Waals surface area contributed by atoms with Crippen molar-refractivity contribution in [1.82, 2.24) is 5.32 Å². The highest BCUT2D eigenvalue weighted by Crippen LogP contribution is 2.29. The van der Waals surface area contributed by atoms with Gasteiger partial charge in [0.1, 0.15) is 11.5 Å². The lowest BCUT2D eigenvalue weighted by Crippen LogP contribution is -2.34. The molecule has 4 heteroatoms. The van der Waals surface area contributed by atoms with E-state index in [1.54, 1.807) is 0 Å². The SMILES string of the molecule is OC1CCC(NCc2ccc(-c3ccccc3Cl)o2)CC1. The number of hydrogen-bond acceptors (Lipinski definition) is 3. The van der Waals surface area contributed by atoms with Crippen LogP contribution in [0.1, 0.15) is 31.4 Å². The van der Waals surface area contributed by atoms with Crippen molar-refractivity contribution in [3.05, 3.63) is 47.2 Å². The minimum absolute atomic E-state index is 0.113. The monoisotopic (exact) mass is 305 g/mol. The standard InChI is InChI=1S/C17H20ClNO2/c18-16-4-2-1-3-15(16)17-10-9-14(21-17)11-19-12-5-7-13(20)8-6-12/h1-4,9-10,12-13,19-20H,5-8,11H2. The maximum absolute atomic E-state index is 9.51. The fourth-order valence-electron chi connectivity index (χ4n) is 2.80. The molecule has 1 heterocycles. The summed E-state index contributed by atoms with van der Waals surface area (Å²) in [5.74, 6) is 1.72. The van der Waals surface area contributed by atoms with Crippen LogP contribution in [0, 0.1) is 0 Å². The van der Waals surface area contributed by atoms with E-state index in [1.165, 1.54) is 0 Å². The highest BCUT2D eigenvalue weighted by atomic mass is 35.5. The molecule has 0 unspecified atom stereocenters. The van der Waals surface area contributed by atoms with Gasteiger partial charge in [-0.1, -0.05) is 23.7 Å². The van der Waals surface area contributed by atoms with E-state index in [1.807, 2.05) is 36.4 Å². The van der Waals surface area contributed by atoms with Gasteiger partial charge in [0.15, 0.2) is 0 Å². The molecule has 0 saturated heterocycles. The summed E-state index contributed by atoms with van der Waals surface area (Å²) >= 11 is 6.18. The van der Waals surface area contributed by atoms with E-state index in [9.17, 15) is 5.11 Å². The van der Waals surface area contributed by atoms with Gasteiger partial charge in [-0.2, -0.15) is 0 Å². The minimum atomic E-state index is -0.113. The lowest BCUT2D eigenvalue weighted by molar-refractivity contribution is 0.116. The van der Waals surface area contributed by atoms with Gasteiger partial charge in [0.05, 0.1) is 17.7 Å². The van der Waals surface area contributed by atoms with Crippen molar-refractivity contribution in [2.75, 3.05) is 0 Å². The third kappa shape index (κ3) is 3.67. The van der Waals surface area contributed by atoms with Crippen molar-refractivity contribution < 1.29 is 9.52 Å². The Bertz CT molecular complexity index is 588. The Morgan fingerprint density at radius 1 is 1.10 bits per heavy atom. The molecule has 1 aliphatic rings. The number of rotatable bonds is 4. The Hall–Kier alpha value is -1.29. The molecule has 1 fully saturated rings. The van der Waals surface area contributed by atoms with Crippen LogP contribution >= 0.6 is 11.6 Å². The molecular weight excluding hydrogens is 286 g/mol. The van der Waals surface area contributed by atoms with Crippen LogP contribution < -0.4 is 5.32 Å².